The number of fused-ring (bicyclic) bond motifs is 1. The molecular formula is C107H155BrClNO11S. The van der Waals surface area contributed by atoms with E-state index in [-0.39, 0.29) is 0 Å². The first-order valence-corrected chi connectivity index (χ1v) is 45.3. The first-order chi connectivity index (χ1) is 58.4. The van der Waals surface area contributed by atoms with Gasteiger partial charge in [0.1, 0.15) is 5.75 Å². The molecule has 2 heterocycles. The van der Waals surface area contributed by atoms with E-state index >= 15 is 0 Å². The van der Waals surface area contributed by atoms with E-state index in [1.54, 1.807) is 49.8 Å². The third-order valence-corrected chi connectivity index (χ3v) is 19.4. The molecule has 1 fully saturated rings. The predicted octanol–water partition coefficient (Wildman–Crippen LogP) is 29.2. The van der Waals surface area contributed by atoms with Crippen molar-refractivity contribution in [3.05, 3.63) is 266 Å². The van der Waals surface area contributed by atoms with E-state index in [1.807, 2.05) is 91.0 Å². The van der Waals surface area contributed by atoms with Gasteiger partial charge in [0.25, 0.3) is 0 Å². The zero-order chi connectivity index (χ0) is 91.6. The van der Waals surface area contributed by atoms with Crippen LogP contribution in [0.5, 0.6) is 51.7 Å². The Balaban J connectivity index is 0.00000135. The second-order valence-electron chi connectivity index (χ2n) is 32.0. The van der Waals surface area contributed by atoms with Gasteiger partial charge in [0, 0.05) is 48.3 Å². The monoisotopic (exact) mass is 1780 g/mol. The van der Waals surface area contributed by atoms with Gasteiger partial charge in [0.05, 0.1) is 49.8 Å². The Bertz CT molecular complexity index is 4030. The summed E-state index contributed by atoms with van der Waals surface area (Å²) in [6.07, 6.45) is 31.7. The summed E-state index contributed by atoms with van der Waals surface area (Å²) in [5, 5.41) is 14.8. The molecule has 122 heavy (non-hydrogen) atoms. The Kier molecular flexibility index (Phi) is 65.8. The number of halogens is 2. The van der Waals surface area contributed by atoms with E-state index in [1.165, 1.54) is 78.2 Å². The van der Waals surface area contributed by atoms with Crippen LogP contribution in [0.15, 0.2) is 217 Å². The number of aliphatic hydroxyl groups is 2. The maximum absolute atomic E-state index is 7.00. The lowest BCUT2D eigenvalue weighted by Gasteiger charge is -2.26. The number of aliphatic hydroxyl groups excluding tert-OH is 2. The molecule has 1 saturated heterocycles. The number of nitrogens with zero attached hydrogens (tertiary/aromatic N) is 1. The highest BCUT2D eigenvalue weighted by Crippen LogP contribution is 2.34. The summed E-state index contributed by atoms with van der Waals surface area (Å²) in [6, 6.07) is 58.7. The maximum atomic E-state index is 7.00. The van der Waals surface area contributed by atoms with Crippen LogP contribution in [0, 0.1) is 53.3 Å². The van der Waals surface area contributed by atoms with Crippen LogP contribution in [0.3, 0.4) is 0 Å². The third kappa shape index (κ3) is 56.2. The van der Waals surface area contributed by atoms with Crippen LogP contribution in [0.4, 0.5) is 0 Å². The van der Waals surface area contributed by atoms with Gasteiger partial charge in [-0.2, -0.15) is 11.8 Å². The number of ether oxygens (including phenoxy) is 9. The van der Waals surface area contributed by atoms with Crippen molar-refractivity contribution in [2.75, 3.05) is 102 Å². The van der Waals surface area contributed by atoms with Gasteiger partial charge in [-0.15, -0.1) is 0 Å². The zero-order valence-electron chi connectivity index (χ0n) is 79.3. The number of aryl methyl sites for hydroxylation is 2. The second-order valence-corrected chi connectivity index (χ2v) is 34.5. The predicted molar refractivity (Wildman–Crippen MR) is 535 cm³/mol. The van der Waals surface area contributed by atoms with Crippen LogP contribution < -0.4 is 42.6 Å². The summed E-state index contributed by atoms with van der Waals surface area (Å²) in [4.78, 5) is 2.59. The fourth-order valence-electron chi connectivity index (χ4n) is 10.5. The topological polar surface area (TPSA) is 127 Å². The molecule has 8 aromatic carbocycles. The van der Waals surface area contributed by atoms with E-state index in [9.17, 15) is 0 Å². The first-order valence-electron chi connectivity index (χ1n) is 43.0. The van der Waals surface area contributed by atoms with Gasteiger partial charge in [-0.1, -0.05) is 322 Å². The molecule has 8 aromatic rings. The number of methoxy groups -OCH3 is 7. The molecule has 0 aliphatic carbocycles. The molecular weight excluding hydrogens is 1620 g/mol. The van der Waals surface area contributed by atoms with Gasteiger partial charge >= 0.3 is 0 Å². The quantitative estimate of drug-likeness (QED) is 0.0484. The van der Waals surface area contributed by atoms with E-state index in [4.69, 9.17) is 64.4 Å². The highest BCUT2D eigenvalue weighted by Gasteiger charge is 2.14. The fourth-order valence-corrected chi connectivity index (χ4v) is 11.9. The van der Waals surface area contributed by atoms with Gasteiger partial charge in [0.2, 0.25) is 6.79 Å². The average Bonchev–Trinajstić information content (AvgIpc) is 1.78. The lowest BCUT2D eigenvalue weighted by Crippen LogP contribution is -2.33. The number of benzene rings is 8. The summed E-state index contributed by atoms with van der Waals surface area (Å²) in [5.74, 6) is 15.9. The van der Waals surface area contributed by atoms with E-state index in [0.29, 0.717) is 42.3 Å². The summed E-state index contributed by atoms with van der Waals surface area (Å²) < 4.78 is 48.0. The van der Waals surface area contributed by atoms with Gasteiger partial charge in [-0.25, -0.2) is 0 Å². The minimum absolute atomic E-state index is 0.364. The molecule has 674 valence electrons. The van der Waals surface area contributed by atoms with Crippen LogP contribution in [0.1, 0.15) is 188 Å². The normalized spacial score (nSPS) is 12.0. The standard InChI is InChI=1S/C13H20O2.2C13H18O2.C12H16O2.C12H16O.C11H13Br.C11H13Cl.C11H14.C9H19NS.2CH4O/c3*1-10(2)5-6-11-7-8-12(14-3)13(9-11)15-4;1-9(2)3-4-10-5-6-11-12(7-10)14-8-13-11;1-10(2)4-5-11-6-8-12(13-3)9-7-11;1-9(2)3-4-10-5-7-11(12)8-6-10;1-9(2)7-8-10-5-3-4-6-11(10)12;1-10(2)8-9-11-6-4-3-5-7-11;1-9(2)3-4-10-5-7-11-8-6-10;2*1-2/h7-10H,5-6H2,1-4H3;2*5-10H,1-4H3;5-7,9H,3-4,8H2,1-2H3;4-10H,1-3H3;2*3-9H,1-2H3;3-10H,1-2H3;9H,3-8H2,1-2H3;2*2H,1H3/b;2*6-5+;;5-4+;4-3+;8-7+;9-8+;;;. The molecule has 0 atom stereocenters. The van der Waals surface area contributed by atoms with Crippen molar-refractivity contribution in [3.8, 4) is 51.7 Å². The van der Waals surface area contributed by atoms with Crippen molar-refractivity contribution >= 4 is 75.7 Å². The molecule has 0 bridgehead atoms. The van der Waals surface area contributed by atoms with E-state index in [2.05, 4.69) is 315 Å². The van der Waals surface area contributed by atoms with Gasteiger partial charge < -0.3 is 57.7 Å². The molecule has 0 radical (unpaired) electrons. The lowest BCUT2D eigenvalue weighted by atomic mass is 10.0. The van der Waals surface area contributed by atoms with Crippen molar-refractivity contribution in [2.24, 2.45) is 53.3 Å². The Labute approximate surface area is 758 Å². The van der Waals surface area contributed by atoms with Crippen molar-refractivity contribution in [1.82, 2.24) is 4.90 Å². The molecule has 0 unspecified atom stereocenters. The van der Waals surface area contributed by atoms with Crippen LogP contribution in [0.2, 0.25) is 5.02 Å². The van der Waals surface area contributed by atoms with Crippen LogP contribution in [-0.2, 0) is 12.8 Å². The molecule has 2 N–H and O–H groups in total. The first kappa shape index (κ1) is 113. The van der Waals surface area contributed by atoms with Crippen LogP contribution >= 0.6 is 39.3 Å². The molecule has 2 aliphatic rings. The number of thioether (sulfide) groups is 1. The van der Waals surface area contributed by atoms with Crippen LogP contribution in [-0.4, -0.2) is 117 Å². The molecule has 0 amide bonds. The number of rotatable bonds is 28. The fraction of sp³-hybridized carbons (Fsp3) is 0.439. The SMILES string of the molecule is CC(C)/C=C/c1ccc(Br)cc1.CC(C)/C=C/c1ccccc1.CC(C)/C=C/c1ccccc1Cl.CC(C)CCN1CCSCC1.CC(C)CCc1ccc2c(c1)OCO2.CO.CO.COc1ccc(/C=C/C(C)C)cc1.COc1ccc(/C=C/C(C)C)cc1OC.COc1ccc(/C=C/C(C)C)cc1OC.COc1ccc(CCC(C)C)cc1OC. The van der Waals surface area contributed by atoms with E-state index in [0.717, 1.165) is 123 Å². The molecule has 0 spiro atoms. The maximum Gasteiger partial charge on any atom is 0.231 e. The minimum Gasteiger partial charge on any atom is -0.497 e. The van der Waals surface area contributed by atoms with E-state index < -0.39 is 0 Å². The molecule has 0 aromatic heterocycles. The smallest absolute Gasteiger partial charge is 0.231 e. The van der Waals surface area contributed by atoms with Gasteiger partial charge in [-0.05, 0) is 215 Å². The summed E-state index contributed by atoms with van der Waals surface area (Å²) in [5.41, 5.74) is 9.74. The highest BCUT2D eigenvalue weighted by molar-refractivity contribution is 9.10. The average molecular weight is 1780 g/mol. The number of hydrogen-bond donors (Lipinski definition) is 2. The third-order valence-electron chi connectivity index (χ3n) is 17.6. The van der Waals surface area contributed by atoms with Crippen molar-refractivity contribution in [3.63, 3.8) is 0 Å². The van der Waals surface area contributed by atoms with Crippen molar-refractivity contribution in [2.45, 2.75) is 157 Å². The number of allylic oxidation sites excluding steroid dienone is 6. The highest BCUT2D eigenvalue weighted by atomic mass is 79.9. The molecule has 15 heteroatoms. The van der Waals surface area contributed by atoms with Gasteiger partial charge in [0.15, 0.2) is 46.0 Å². The second kappa shape index (κ2) is 70.8. The Morgan fingerprint density at radius 2 is 0.705 bits per heavy atom. The zero-order valence-corrected chi connectivity index (χ0v) is 82.5. The van der Waals surface area contributed by atoms with Crippen molar-refractivity contribution < 1.29 is 52.8 Å². The molecule has 2 aliphatic heterocycles. The van der Waals surface area contributed by atoms with Gasteiger partial charge in [-0.3, -0.25) is 0 Å². The molecule has 12 nitrogen and oxygen atoms in total. The summed E-state index contributed by atoms with van der Waals surface area (Å²) >= 11 is 11.4. The molecule has 10 rings (SSSR count). The Morgan fingerprint density at radius 3 is 1.11 bits per heavy atom. The largest absolute Gasteiger partial charge is 0.497 e. The van der Waals surface area contributed by atoms with Crippen molar-refractivity contribution in [1.29, 1.82) is 0 Å². The summed E-state index contributed by atoms with van der Waals surface area (Å²) in [7, 11) is 13.6. The Morgan fingerprint density at radius 1 is 0.361 bits per heavy atom. The Hall–Kier alpha value is -8.60. The lowest BCUT2D eigenvalue weighted by molar-refractivity contribution is 0.174. The van der Waals surface area contributed by atoms with Crippen LogP contribution in [0.25, 0.3) is 36.5 Å². The summed E-state index contributed by atoms with van der Waals surface area (Å²) in [6.45, 7) is 43.8. The minimum atomic E-state index is 0.364. The molecule has 0 saturated carbocycles. The number of hydrogen-bond acceptors (Lipinski definition) is 13.